The molecular weight excluding hydrogens is 402 g/mol. The summed E-state index contributed by atoms with van der Waals surface area (Å²) in [4.78, 5) is 5.74. The first kappa shape index (κ1) is 22.8. The molecule has 5 heteroatoms. The number of ether oxygens (including phenoxy) is 1. The molecule has 3 nitrogen and oxygen atoms in total. The lowest BCUT2D eigenvalue weighted by atomic mass is 9.73. The lowest BCUT2D eigenvalue weighted by Gasteiger charge is -2.35. The topological polar surface area (TPSA) is 30.8 Å². The van der Waals surface area contributed by atoms with Crippen molar-refractivity contribution in [3.8, 4) is 5.75 Å². The molecule has 2 unspecified atom stereocenters. The minimum absolute atomic E-state index is 0.0534. The average Bonchev–Trinajstić information content (AvgIpc) is 2.75. The summed E-state index contributed by atoms with van der Waals surface area (Å²) in [5.41, 5.74) is 1.27. The zero-order valence-corrected chi connectivity index (χ0v) is 19.5. The van der Waals surface area contributed by atoms with Gasteiger partial charge in [0.05, 0.1) is 5.71 Å². The van der Waals surface area contributed by atoms with E-state index in [2.05, 4.69) is 23.8 Å². The summed E-state index contributed by atoms with van der Waals surface area (Å²) < 4.78 is 5.88. The molecule has 1 aliphatic carbocycles. The van der Waals surface area contributed by atoms with Gasteiger partial charge in [-0.15, -0.1) is 0 Å². The predicted molar refractivity (Wildman–Crippen MR) is 125 cm³/mol. The maximum absolute atomic E-state index is 5.92. The van der Waals surface area contributed by atoms with Crippen molar-refractivity contribution in [3.63, 3.8) is 0 Å². The van der Waals surface area contributed by atoms with Gasteiger partial charge in [-0.05, 0) is 99.5 Å². The van der Waals surface area contributed by atoms with Crippen LogP contribution in [0.1, 0.15) is 65.2 Å². The van der Waals surface area contributed by atoms with E-state index in [1.807, 2.05) is 31.2 Å². The van der Waals surface area contributed by atoms with Gasteiger partial charge in [0, 0.05) is 10.9 Å². The number of nitrogens with zero attached hydrogens (tertiary/aromatic N) is 1. The molecule has 2 aliphatic rings. The Hall–Kier alpha value is -0.870. The molecule has 0 spiro atoms. The normalized spacial score (nSPS) is 26.7. The average molecular weight is 438 g/mol. The van der Waals surface area contributed by atoms with Crippen molar-refractivity contribution in [1.29, 1.82) is 0 Å². The van der Waals surface area contributed by atoms with Crippen LogP contribution in [0.2, 0.25) is 5.02 Å². The van der Waals surface area contributed by atoms with Gasteiger partial charge in [0.2, 0.25) is 0 Å². The molecule has 29 heavy (non-hydrogen) atoms. The first-order chi connectivity index (χ1) is 14.2. The van der Waals surface area contributed by atoms with Crippen molar-refractivity contribution >= 4 is 29.1 Å². The van der Waals surface area contributed by atoms with E-state index >= 15 is 0 Å². The predicted octanol–water partition coefficient (Wildman–Crippen LogP) is 7.23. The molecule has 0 aromatic heterocycles. The molecule has 3 rings (SSSR count). The minimum Gasteiger partial charge on any atom is -0.487 e. The molecule has 1 aromatic carbocycles. The van der Waals surface area contributed by atoms with Crippen LogP contribution in [-0.2, 0) is 4.84 Å². The fourth-order valence-corrected chi connectivity index (χ4v) is 6.05. The smallest absolute Gasteiger partial charge is 0.153 e. The summed E-state index contributed by atoms with van der Waals surface area (Å²) in [7, 11) is 0. The molecular formula is C24H36ClNO2S. The molecule has 1 aliphatic heterocycles. The summed E-state index contributed by atoms with van der Waals surface area (Å²) in [5, 5.41) is 5.30. The highest BCUT2D eigenvalue weighted by Crippen LogP contribution is 2.39. The van der Waals surface area contributed by atoms with Gasteiger partial charge in [0.1, 0.15) is 11.9 Å². The van der Waals surface area contributed by atoms with Crippen molar-refractivity contribution in [1.82, 2.24) is 0 Å². The third-order valence-electron chi connectivity index (χ3n) is 6.25. The fraction of sp³-hybridized carbons (Fsp3) is 0.708. The van der Waals surface area contributed by atoms with E-state index in [1.54, 1.807) is 0 Å². The molecule has 1 aromatic rings. The Morgan fingerprint density at radius 3 is 2.55 bits per heavy atom. The van der Waals surface area contributed by atoms with E-state index < -0.39 is 0 Å². The van der Waals surface area contributed by atoms with Crippen LogP contribution in [0.5, 0.6) is 5.75 Å². The van der Waals surface area contributed by atoms with Crippen LogP contribution in [0.4, 0.5) is 0 Å². The SMILES string of the molecule is CCCC(=NOCC(C)Oc1ccc(Cl)cc1)C1CCC(C2CCCSC2)CC1. The Bertz CT molecular complexity index is 622. The van der Waals surface area contributed by atoms with Gasteiger partial charge in [0.15, 0.2) is 6.61 Å². The molecule has 0 bridgehead atoms. The van der Waals surface area contributed by atoms with E-state index in [-0.39, 0.29) is 6.10 Å². The first-order valence-corrected chi connectivity index (χ1v) is 12.9. The lowest BCUT2D eigenvalue weighted by Crippen LogP contribution is -2.28. The van der Waals surface area contributed by atoms with Crippen LogP contribution in [0, 0.1) is 17.8 Å². The zero-order chi connectivity index (χ0) is 20.5. The lowest BCUT2D eigenvalue weighted by molar-refractivity contribution is 0.0612. The van der Waals surface area contributed by atoms with Crippen molar-refractivity contribution < 1.29 is 9.57 Å². The van der Waals surface area contributed by atoms with Gasteiger partial charge in [0.25, 0.3) is 0 Å². The Kier molecular flexibility index (Phi) is 9.51. The van der Waals surface area contributed by atoms with E-state index in [1.165, 1.54) is 55.7 Å². The highest BCUT2D eigenvalue weighted by atomic mass is 35.5. The monoisotopic (exact) mass is 437 g/mol. The minimum atomic E-state index is -0.0534. The van der Waals surface area contributed by atoms with Gasteiger partial charge < -0.3 is 9.57 Å². The summed E-state index contributed by atoms with van der Waals surface area (Å²) in [5.74, 6) is 6.08. The Morgan fingerprint density at radius 1 is 1.14 bits per heavy atom. The van der Waals surface area contributed by atoms with Crippen LogP contribution in [-0.4, -0.2) is 29.9 Å². The zero-order valence-electron chi connectivity index (χ0n) is 17.9. The van der Waals surface area contributed by atoms with Crippen molar-refractivity contribution in [2.45, 2.75) is 71.3 Å². The number of oxime groups is 1. The van der Waals surface area contributed by atoms with Gasteiger partial charge >= 0.3 is 0 Å². The summed E-state index contributed by atoms with van der Waals surface area (Å²) >= 11 is 8.09. The fourth-order valence-electron chi connectivity index (χ4n) is 4.65. The maximum Gasteiger partial charge on any atom is 0.153 e. The van der Waals surface area contributed by atoms with Crippen molar-refractivity contribution in [2.24, 2.45) is 22.9 Å². The van der Waals surface area contributed by atoms with E-state index in [9.17, 15) is 0 Å². The number of thioether (sulfide) groups is 1. The highest BCUT2D eigenvalue weighted by molar-refractivity contribution is 7.99. The van der Waals surface area contributed by atoms with E-state index in [0.29, 0.717) is 17.5 Å². The third-order valence-corrected chi connectivity index (χ3v) is 7.75. The molecule has 0 amide bonds. The van der Waals surface area contributed by atoms with Gasteiger partial charge in [-0.3, -0.25) is 0 Å². The Morgan fingerprint density at radius 2 is 1.90 bits per heavy atom. The van der Waals surface area contributed by atoms with Crippen LogP contribution < -0.4 is 4.74 Å². The second-order valence-corrected chi connectivity index (χ2v) is 10.2. The van der Waals surface area contributed by atoms with Crippen LogP contribution in [0.25, 0.3) is 0 Å². The van der Waals surface area contributed by atoms with E-state index in [4.69, 9.17) is 21.2 Å². The number of hydrogen-bond donors (Lipinski definition) is 0. The van der Waals surface area contributed by atoms with Crippen molar-refractivity contribution in [3.05, 3.63) is 29.3 Å². The van der Waals surface area contributed by atoms with Crippen LogP contribution >= 0.6 is 23.4 Å². The molecule has 0 radical (unpaired) electrons. The molecule has 2 fully saturated rings. The Balaban J connectivity index is 1.44. The number of benzene rings is 1. The molecule has 1 saturated heterocycles. The van der Waals surface area contributed by atoms with Gasteiger partial charge in [-0.2, -0.15) is 11.8 Å². The second kappa shape index (κ2) is 12.1. The maximum atomic E-state index is 5.92. The largest absolute Gasteiger partial charge is 0.487 e. The molecule has 2 atom stereocenters. The molecule has 162 valence electrons. The summed E-state index contributed by atoms with van der Waals surface area (Å²) in [6.07, 6.45) is 10.3. The summed E-state index contributed by atoms with van der Waals surface area (Å²) in [6, 6.07) is 7.44. The Labute approximate surface area is 185 Å². The van der Waals surface area contributed by atoms with E-state index in [0.717, 1.165) is 30.4 Å². The number of rotatable bonds is 9. The number of hydrogen-bond acceptors (Lipinski definition) is 4. The van der Waals surface area contributed by atoms with Gasteiger partial charge in [-0.1, -0.05) is 30.1 Å². The standard InChI is InChI=1S/C24H36ClNO2S/c1-3-5-24(20-9-7-19(8-10-20)21-6-4-15-29-17-21)26-27-16-18(2)28-23-13-11-22(25)12-14-23/h11-14,18-21H,3-10,15-17H2,1-2H3. The van der Waals surface area contributed by atoms with Crippen LogP contribution in [0.15, 0.2) is 29.4 Å². The summed E-state index contributed by atoms with van der Waals surface area (Å²) in [6.45, 7) is 4.70. The van der Waals surface area contributed by atoms with Crippen LogP contribution in [0.3, 0.4) is 0 Å². The van der Waals surface area contributed by atoms with Crippen molar-refractivity contribution in [2.75, 3.05) is 18.1 Å². The molecule has 1 heterocycles. The molecule has 0 N–H and O–H groups in total. The molecule has 1 saturated carbocycles. The quantitative estimate of drug-likeness (QED) is 0.301. The number of halogens is 1. The van der Waals surface area contributed by atoms with Gasteiger partial charge in [-0.25, -0.2) is 0 Å². The first-order valence-electron chi connectivity index (χ1n) is 11.3. The highest BCUT2D eigenvalue weighted by Gasteiger charge is 2.30. The third kappa shape index (κ3) is 7.40. The second-order valence-electron chi connectivity index (χ2n) is 8.60.